The van der Waals surface area contributed by atoms with Crippen LogP contribution in [0.25, 0.3) is 0 Å². The van der Waals surface area contributed by atoms with Gasteiger partial charge in [-0.05, 0) is 6.92 Å². The van der Waals surface area contributed by atoms with Crippen LogP contribution in [0, 0.1) is 0 Å². The predicted octanol–water partition coefficient (Wildman–Crippen LogP) is -4.55. The van der Waals surface area contributed by atoms with Gasteiger partial charge in [-0.3, -0.25) is 0 Å². The molecule has 63 valence electrons. The van der Waals surface area contributed by atoms with E-state index in [1.54, 1.807) is 0 Å². The van der Waals surface area contributed by atoms with E-state index >= 15 is 0 Å². The van der Waals surface area contributed by atoms with Crippen molar-refractivity contribution in [2.75, 3.05) is 0 Å². The number of carboxylic acid groups (broad SMARTS) is 1. The molecule has 9 heavy (non-hydrogen) atoms. The number of hydrogen-bond donors (Lipinski definition) is 0. The molecule has 0 aromatic rings. The van der Waals surface area contributed by atoms with Crippen LogP contribution in [0.3, 0.4) is 0 Å². The van der Waals surface area contributed by atoms with E-state index in [9.17, 15) is 0 Å². The van der Waals surface area contributed by atoms with E-state index < -0.39 is 5.97 Å². The average molecular weight is 186 g/mol. The van der Waals surface area contributed by atoms with Crippen molar-refractivity contribution in [1.29, 1.82) is 0 Å². The number of aliphatic carboxylic acids is 1. The summed E-state index contributed by atoms with van der Waals surface area (Å²) in [6.45, 7) is 0.972. The second kappa shape index (κ2) is 45.6. The summed E-state index contributed by atoms with van der Waals surface area (Å²) in [6, 6.07) is 0. The number of carbonyl (C=O) groups is 1. The van der Waals surface area contributed by atoms with Crippen molar-refractivity contribution in [3.63, 3.8) is 0 Å². The molecule has 0 saturated heterocycles. The molecule has 0 aliphatic heterocycles. The summed E-state index contributed by atoms with van der Waals surface area (Å²) in [4.78, 5) is 8.89. The summed E-state index contributed by atoms with van der Waals surface area (Å²) < 4.78 is 0. The molecule has 7 heteroatoms. The molecule has 0 saturated carbocycles. The molecular weight excluding hydrogens is 175 g/mol. The normalized spacial score (nSPS) is 2.78. The standard InChI is InChI=1S/C2H4O2.Mn.4H2O/c1-2(3)4;;;;;/h1H3,(H,3,4);;4*1H2/p-1. The molecule has 0 unspecified atom stereocenters. The Balaban J connectivity index is -0.00000000450. The molecule has 0 aliphatic carbocycles. The van der Waals surface area contributed by atoms with Crippen molar-refractivity contribution >= 4 is 5.97 Å². The second-order valence-corrected chi connectivity index (χ2v) is 0.492. The molecule has 8 N–H and O–H groups in total. The summed E-state index contributed by atoms with van der Waals surface area (Å²) in [6.07, 6.45) is 0. The smallest absolute Gasteiger partial charge is 0.0383 e. The van der Waals surface area contributed by atoms with E-state index in [0.717, 1.165) is 6.92 Å². The number of carbonyl (C=O) groups excluding carboxylic acids is 1. The Hall–Kier alpha value is -0.171. The van der Waals surface area contributed by atoms with Gasteiger partial charge in [-0.1, -0.05) is 0 Å². The van der Waals surface area contributed by atoms with Crippen molar-refractivity contribution in [2.45, 2.75) is 6.92 Å². The summed E-state index contributed by atoms with van der Waals surface area (Å²) in [5, 5.41) is 8.89. The minimum absolute atomic E-state index is 0. The van der Waals surface area contributed by atoms with Crippen LogP contribution < -0.4 is 5.11 Å². The molecule has 0 aromatic heterocycles. The van der Waals surface area contributed by atoms with Crippen LogP contribution in [0.5, 0.6) is 0 Å². The van der Waals surface area contributed by atoms with Crippen LogP contribution in [0.2, 0.25) is 0 Å². The van der Waals surface area contributed by atoms with Gasteiger partial charge in [0.2, 0.25) is 0 Å². The van der Waals surface area contributed by atoms with Crippen LogP contribution in [0.4, 0.5) is 0 Å². The van der Waals surface area contributed by atoms with Gasteiger partial charge in [0.15, 0.2) is 0 Å². The molecule has 6 nitrogen and oxygen atoms in total. The molecule has 0 fully saturated rings. The topological polar surface area (TPSA) is 166 Å². The third-order valence-electron chi connectivity index (χ3n) is 0. The molecule has 0 spiro atoms. The van der Waals surface area contributed by atoms with Gasteiger partial charge in [-0.2, -0.15) is 0 Å². The van der Waals surface area contributed by atoms with E-state index in [2.05, 4.69) is 0 Å². The van der Waals surface area contributed by atoms with Gasteiger partial charge in [0, 0.05) is 23.0 Å². The van der Waals surface area contributed by atoms with E-state index in [-0.39, 0.29) is 39.0 Å². The first kappa shape index (κ1) is 67.6. The minimum atomic E-state index is -1.08. The van der Waals surface area contributed by atoms with Crippen molar-refractivity contribution in [3.8, 4) is 0 Å². The molecule has 0 heterocycles. The summed E-state index contributed by atoms with van der Waals surface area (Å²) in [5.74, 6) is -1.08. The Kier molecular flexibility index (Phi) is 343. The van der Waals surface area contributed by atoms with Gasteiger partial charge in [-0.15, -0.1) is 0 Å². The van der Waals surface area contributed by atoms with Crippen molar-refractivity contribution in [3.05, 3.63) is 0 Å². The maximum atomic E-state index is 8.89. The Morgan fingerprint density at radius 2 is 1.11 bits per heavy atom. The van der Waals surface area contributed by atoms with Crippen molar-refractivity contribution in [1.82, 2.24) is 0 Å². The number of hydrogen-bond acceptors (Lipinski definition) is 2. The average Bonchev–Trinajstić information content (AvgIpc) is 0.811. The molecule has 0 atom stereocenters. The summed E-state index contributed by atoms with van der Waals surface area (Å²) >= 11 is 0. The SMILES string of the molecule is CC(=O)[O-].O.O.O.O.[Mn]. The fraction of sp³-hybridized carbons (Fsp3) is 0.500. The molecule has 0 rings (SSSR count). The van der Waals surface area contributed by atoms with E-state index in [1.807, 2.05) is 0 Å². The summed E-state index contributed by atoms with van der Waals surface area (Å²) in [5.41, 5.74) is 0. The van der Waals surface area contributed by atoms with Gasteiger partial charge < -0.3 is 31.8 Å². The zero-order valence-electron chi connectivity index (χ0n) is 4.69. The van der Waals surface area contributed by atoms with Gasteiger partial charge in [0.1, 0.15) is 0 Å². The molecule has 0 bridgehead atoms. The fourth-order valence-electron chi connectivity index (χ4n) is 0. The zero-order chi connectivity index (χ0) is 3.58. The maximum Gasteiger partial charge on any atom is 0.0383 e. The first-order chi connectivity index (χ1) is 1.73. The van der Waals surface area contributed by atoms with E-state index in [4.69, 9.17) is 9.90 Å². The molecule has 1 radical (unpaired) electrons. The van der Waals surface area contributed by atoms with Crippen LogP contribution in [-0.2, 0) is 21.9 Å². The zero-order valence-corrected chi connectivity index (χ0v) is 5.87. The van der Waals surface area contributed by atoms with Gasteiger partial charge in [-0.25, -0.2) is 0 Å². The van der Waals surface area contributed by atoms with Crippen molar-refractivity contribution < 1.29 is 48.9 Å². The monoisotopic (exact) mass is 186 g/mol. The minimum Gasteiger partial charge on any atom is -0.550 e. The first-order valence-corrected chi connectivity index (χ1v) is 0.908. The van der Waals surface area contributed by atoms with Crippen LogP contribution in [0.1, 0.15) is 6.92 Å². The van der Waals surface area contributed by atoms with Crippen LogP contribution >= 0.6 is 0 Å². The predicted molar refractivity (Wildman–Crippen MR) is 25.1 cm³/mol. The molecular formula is C2H11MnO6-. The number of carboxylic acids is 1. The van der Waals surface area contributed by atoms with Gasteiger partial charge >= 0.3 is 0 Å². The van der Waals surface area contributed by atoms with Gasteiger partial charge in [0.25, 0.3) is 0 Å². The van der Waals surface area contributed by atoms with E-state index in [1.165, 1.54) is 0 Å². The summed E-state index contributed by atoms with van der Waals surface area (Å²) in [7, 11) is 0. The second-order valence-electron chi connectivity index (χ2n) is 0.492. The number of rotatable bonds is 0. The molecule has 0 aliphatic rings. The quantitative estimate of drug-likeness (QED) is 0.347. The third-order valence-corrected chi connectivity index (χ3v) is 0. The maximum absolute atomic E-state index is 8.89. The third kappa shape index (κ3) is 9150. The van der Waals surface area contributed by atoms with Crippen LogP contribution in [0.15, 0.2) is 0 Å². The van der Waals surface area contributed by atoms with Gasteiger partial charge in [0.05, 0.1) is 0 Å². The van der Waals surface area contributed by atoms with Crippen LogP contribution in [-0.4, -0.2) is 27.9 Å². The van der Waals surface area contributed by atoms with E-state index in [0.29, 0.717) is 0 Å². The van der Waals surface area contributed by atoms with Crippen molar-refractivity contribution in [2.24, 2.45) is 0 Å². The first-order valence-electron chi connectivity index (χ1n) is 0.908. The Morgan fingerprint density at radius 3 is 1.11 bits per heavy atom. The largest absolute Gasteiger partial charge is 0.550 e. The molecule has 0 aromatic carbocycles. The fourth-order valence-corrected chi connectivity index (χ4v) is 0. The Labute approximate surface area is 62.6 Å². The Bertz CT molecular complexity index is 34.0. The molecule has 0 amide bonds. The Morgan fingerprint density at radius 1 is 1.11 bits per heavy atom.